The van der Waals surface area contributed by atoms with Gasteiger partial charge in [0.05, 0.1) is 29.5 Å². The molecule has 3 N–H and O–H groups in total. The van der Waals surface area contributed by atoms with Gasteiger partial charge in [0.1, 0.15) is 5.60 Å². The van der Waals surface area contributed by atoms with Crippen LogP contribution in [-0.4, -0.2) is 34.6 Å². The zero-order chi connectivity index (χ0) is 22.9. The molecule has 1 amide bonds. The average Bonchev–Trinajstić information content (AvgIpc) is 3.20. The number of nitrogens with one attached hydrogen (secondary N) is 2. The summed E-state index contributed by atoms with van der Waals surface area (Å²) in [6.07, 6.45) is 1.58. The summed E-state index contributed by atoms with van der Waals surface area (Å²) in [5.41, 5.74) is 2.91. The molecule has 1 aliphatic rings. The number of ether oxygens (including phenoxy) is 1. The van der Waals surface area contributed by atoms with E-state index in [0.29, 0.717) is 42.7 Å². The number of aromatic nitrogens is 1. The van der Waals surface area contributed by atoms with Crippen molar-refractivity contribution < 1.29 is 19.4 Å². The molecular weight excluding hydrogens is 406 g/mol. The lowest BCUT2D eigenvalue weighted by Gasteiger charge is -2.41. The van der Waals surface area contributed by atoms with Crippen LogP contribution in [0, 0.1) is 18.3 Å². The molecule has 1 aliphatic heterocycles. The first-order valence-electron chi connectivity index (χ1n) is 10.7. The Kier molecular flexibility index (Phi) is 5.72. The van der Waals surface area contributed by atoms with Crippen molar-refractivity contribution in [2.24, 2.45) is 0 Å². The predicted octanol–water partition coefficient (Wildman–Crippen LogP) is 3.80. The van der Waals surface area contributed by atoms with E-state index in [0.717, 1.165) is 22.0 Å². The van der Waals surface area contributed by atoms with Gasteiger partial charge in [0.15, 0.2) is 6.04 Å². The molecule has 0 saturated carbocycles. The van der Waals surface area contributed by atoms with Crippen molar-refractivity contribution in [1.82, 2.24) is 10.3 Å². The van der Waals surface area contributed by atoms with Crippen LogP contribution in [-0.2, 0) is 21.6 Å². The lowest BCUT2D eigenvalue weighted by molar-refractivity contribution is -0.156. The highest BCUT2D eigenvalue weighted by atomic mass is 16.5. The first-order valence-corrected chi connectivity index (χ1v) is 10.7. The second-order valence-electron chi connectivity index (χ2n) is 8.12. The number of aryl methyl sites for hydroxylation is 1. The number of nitriles is 1. The Morgan fingerprint density at radius 1 is 1.28 bits per heavy atom. The number of fused-ring (bicyclic) bond motifs is 3. The summed E-state index contributed by atoms with van der Waals surface area (Å²) in [7, 11) is 0. The van der Waals surface area contributed by atoms with Gasteiger partial charge in [-0.25, -0.2) is 4.79 Å². The van der Waals surface area contributed by atoms with Gasteiger partial charge in [0.25, 0.3) is 5.91 Å². The number of carboxylic acid groups (broad SMARTS) is 1. The third kappa shape index (κ3) is 3.43. The van der Waals surface area contributed by atoms with Crippen LogP contribution in [0.15, 0.2) is 42.5 Å². The second-order valence-corrected chi connectivity index (χ2v) is 8.12. The van der Waals surface area contributed by atoms with Crippen molar-refractivity contribution in [2.45, 2.75) is 44.8 Å². The number of aliphatic carboxylic acids is 1. The van der Waals surface area contributed by atoms with Crippen LogP contribution in [0.2, 0.25) is 0 Å². The molecule has 0 aliphatic carbocycles. The van der Waals surface area contributed by atoms with E-state index in [-0.39, 0.29) is 0 Å². The van der Waals surface area contributed by atoms with Gasteiger partial charge in [-0.15, -0.1) is 0 Å². The molecule has 2 heterocycles. The van der Waals surface area contributed by atoms with E-state index in [1.807, 2.05) is 19.9 Å². The number of carbonyl (C=O) groups excluding carboxylic acids is 1. The zero-order valence-electron chi connectivity index (χ0n) is 18.1. The number of hydrogen-bond donors (Lipinski definition) is 3. The maximum Gasteiger partial charge on any atom is 0.329 e. The molecule has 7 nitrogen and oxygen atoms in total. The smallest absolute Gasteiger partial charge is 0.329 e. The summed E-state index contributed by atoms with van der Waals surface area (Å²) in [5.74, 6) is -1.65. The van der Waals surface area contributed by atoms with Gasteiger partial charge >= 0.3 is 5.97 Å². The van der Waals surface area contributed by atoms with Crippen molar-refractivity contribution in [3.05, 3.63) is 70.4 Å². The van der Waals surface area contributed by atoms with E-state index in [1.165, 1.54) is 0 Å². The minimum atomic E-state index is -1.31. The van der Waals surface area contributed by atoms with E-state index < -0.39 is 23.5 Å². The monoisotopic (exact) mass is 431 g/mol. The number of carbonyl (C=O) groups is 2. The Hall–Kier alpha value is -3.63. The third-order valence-corrected chi connectivity index (χ3v) is 6.17. The molecule has 0 unspecified atom stereocenters. The van der Waals surface area contributed by atoms with Crippen LogP contribution in [0.25, 0.3) is 10.9 Å². The van der Waals surface area contributed by atoms with Gasteiger partial charge in [-0.3, -0.25) is 4.79 Å². The highest BCUT2D eigenvalue weighted by molar-refractivity contribution is 5.97. The Balaban J connectivity index is 1.89. The van der Waals surface area contributed by atoms with Gasteiger partial charge in [0.2, 0.25) is 0 Å². The number of nitrogens with zero attached hydrogens (tertiary/aromatic N) is 1. The fraction of sp³-hybridized carbons (Fsp3) is 0.320. The number of hydrogen-bond acceptors (Lipinski definition) is 4. The SMILES string of the molecule is CCC[C@]1([C@H](NC(=O)c2ccccc2)C(=O)O)OCCc2c1[nH]c1c(C)ccc(C#N)c21. The van der Waals surface area contributed by atoms with E-state index in [9.17, 15) is 20.0 Å². The fourth-order valence-corrected chi connectivity index (χ4v) is 4.74. The van der Waals surface area contributed by atoms with Crippen LogP contribution in [0.1, 0.15) is 52.5 Å². The van der Waals surface area contributed by atoms with Gasteiger partial charge in [0, 0.05) is 10.9 Å². The molecule has 0 spiro atoms. The molecule has 164 valence electrons. The molecule has 1 aromatic heterocycles. The van der Waals surface area contributed by atoms with Crippen molar-refractivity contribution in [3.8, 4) is 6.07 Å². The quantitative estimate of drug-likeness (QED) is 0.549. The van der Waals surface area contributed by atoms with Crippen molar-refractivity contribution in [3.63, 3.8) is 0 Å². The fourth-order valence-electron chi connectivity index (χ4n) is 4.74. The maximum atomic E-state index is 12.9. The van der Waals surface area contributed by atoms with Gasteiger partial charge < -0.3 is 20.1 Å². The molecule has 3 aromatic rings. The molecular formula is C25H25N3O4. The molecule has 0 fully saturated rings. The summed E-state index contributed by atoms with van der Waals surface area (Å²) >= 11 is 0. The summed E-state index contributed by atoms with van der Waals surface area (Å²) in [4.78, 5) is 28.8. The number of H-pyrrole nitrogens is 1. The summed E-state index contributed by atoms with van der Waals surface area (Å²) < 4.78 is 6.23. The zero-order valence-corrected chi connectivity index (χ0v) is 18.1. The largest absolute Gasteiger partial charge is 0.480 e. The maximum absolute atomic E-state index is 12.9. The number of aromatic amines is 1. The van der Waals surface area contributed by atoms with E-state index in [4.69, 9.17) is 4.74 Å². The Bertz CT molecular complexity index is 1230. The lowest BCUT2D eigenvalue weighted by atomic mass is 9.80. The van der Waals surface area contributed by atoms with Gasteiger partial charge in [-0.2, -0.15) is 5.26 Å². The second kappa shape index (κ2) is 8.48. The van der Waals surface area contributed by atoms with E-state index in [2.05, 4.69) is 16.4 Å². The number of rotatable bonds is 6. The summed E-state index contributed by atoms with van der Waals surface area (Å²) in [6, 6.07) is 13.1. The summed E-state index contributed by atoms with van der Waals surface area (Å²) in [6.45, 7) is 4.19. The highest BCUT2D eigenvalue weighted by Gasteiger charge is 2.50. The lowest BCUT2D eigenvalue weighted by Crippen LogP contribution is -2.58. The highest BCUT2D eigenvalue weighted by Crippen LogP contribution is 2.44. The minimum Gasteiger partial charge on any atom is -0.480 e. The first-order chi connectivity index (χ1) is 15.4. The van der Waals surface area contributed by atoms with Crippen LogP contribution in [0.5, 0.6) is 0 Å². The van der Waals surface area contributed by atoms with Crippen LogP contribution < -0.4 is 5.32 Å². The van der Waals surface area contributed by atoms with Gasteiger partial charge in [-0.1, -0.05) is 37.6 Å². The number of amides is 1. The minimum absolute atomic E-state index is 0.295. The standard InChI is InChI=1S/C25H25N3O4/c1-3-12-25(22(24(30)31)28-23(29)16-7-5-4-6-8-16)21-18(11-13-32-25)19-17(14-26)10-9-15(2)20(19)27-21/h4-10,22,27H,3,11-13H2,1-2H3,(H,28,29)(H,30,31)/t22-,25+/m1/s1. The van der Waals surface area contributed by atoms with Crippen molar-refractivity contribution in [1.29, 1.82) is 5.26 Å². The van der Waals surface area contributed by atoms with E-state index in [1.54, 1.807) is 36.4 Å². The third-order valence-electron chi connectivity index (χ3n) is 6.17. The molecule has 0 saturated heterocycles. The normalized spacial score (nSPS) is 18.5. The molecule has 32 heavy (non-hydrogen) atoms. The van der Waals surface area contributed by atoms with Crippen LogP contribution in [0.4, 0.5) is 0 Å². The van der Waals surface area contributed by atoms with Crippen molar-refractivity contribution >= 4 is 22.8 Å². The number of carboxylic acids is 1. The first kappa shape index (κ1) is 21.6. The van der Waals surface area contributed by atoms with E-state index >= 15 is 0 Å². The molecule has 0 bridgehead atoms. The molecule has 2 aromatic carbocycles. The average molecular weight is 431 g/mol. The molecule has 2 atom stereocenters. The predicted molar refractivity (Wildman–Crippen MR) is 119 cm³/mol. The van der Waals surface area contributed by atoms with Crippen LogP contribution in [0.3, 0.4) is 0 Å². The molecule has 0 radical (unpaired) electrons. The summed E-state index contributed by atoms with van der Waals surface area (Å²) in [5, 5.41) is 23.4. The number of benzene rings is 2. The molecule has 4 rings (SSSR count). The Morgan fingerprint density at radius 3 is 2.69 bits per heavy atom. The topological polar surface area (TPSA) is 115 Å². The Morgan fingerprint density at radius 2 is 2.03 bits per heavy atom. The van der Waals surface area contributed by atoms with Crippen LogP contribution >= 0.6 is 0 Å². The van der Waals surface area contributed by atoms with Gasteiger partial charge in [-0.05, 0) is 49.1 Å². The molecule has 7 heteroatoms. The van der Waals surface area contributed by atoms with Crippen molar-refractivity contribution in [2.75, 3.05) is 6.61 Å². The Labute approximate surface area is 186 Å².